The highest BCUT2D eigenvalue weighted by Crippen LogP contribution is 2.37. The Bertz CT molecular complexity index is 441. The minimum absolute atomic E-state index is 0.380. The van der Waals surface area contributed by atoms with Crippen molar-refractivity contribution in [3.8, 4) is 5.75 Å². The van der Waals surface area contributed by atoms with E-state index in [0.29, 0.717) is 5.92 Å². The van der Waals surface area contributed by atoms with Crippen LogP contribution in [0, 0.1) is 19.8 Å². The average molecular weight is 265 g/mol. The van der Waals surface area contributed by atoms with Gasteiger partial charge < -0.3 is 9.94 Å². The fourth-order valence-corrected chi connectivity index (χ4v) is 2.80. The molecule has 3 heteroatoms. The first-order valence-electron chi connectivity index (χ1n) is 6.80. The van der Waals surface area contributed by atoms with E-state index in [1.807, 2.05) is 13.0 Å². The number of aryl methyl sites for hydroxylation is 2. The van der Waals surface area contributed by atoms with E-state index in [0.717, 1.165) is 28.9 Å². The molecule has 0 fully saturated rings. The van der Waals surface area contributed by atoms with Crippen LogP contribution in [0.5, 0.6) is 5.75 Å². The zero-order chi connectivity index (χ0) is 14.8. The molecule has 0 aromatic heterocycles. The number of methoxy groups -OCH3 is 1. The summed E-state index contributed by atoms with van der Waals surface area (Å²) in [6, 6.07) is 4.18. The topological polar surface area (TPSA) is 32.7 Å². The van der Waals surface area contributed by atoms with Crippen LogP contribution in [0.3, 0.4) is 0 Å². The van der Waals surface area contributed by atoms with Gasteiger partial charge in [0.1, 0.15) is 5.75 Å². The van der Waals surface area contributed by atoms with Crippen LogP contribution in [-0.2, 0) is 5.54 Å². The largest absolute Gasteiger partial charge is 0.496 e. The molecule has 0 heterocycles. The second-order valence-corrected chi connectivity index (χ2v) is 6.03. The summed E-state index contributed by atoms with van der Waals surface area (Å²) in [7, 11) is 3.41. The van der Waals surface area contributed by atoms with E-state index in [1.165, 1.54) is 5.06 Å². The first kappa shape index (κ1) is 16.0. The highest BCUT2D eigenvalue weighted by Gasteiger charge is 2.33. The van der Waals surface area contributed by atoms with Gasteiger partial charge >= 0.3 is 0 Å². The molecule has 0 bridgehead atoms. The van der Waals surface area contributed by atoms with E-state index in [-0.39, 0.29) is 5.54 Å². The maximum absolute atomic E-state index is 10.1. The standard InChI is InChI=1S/C16H27NO2/c1-11(2)10-16(5,17(6)18)14-8-13(4)15(19-7)9-12(14)3/h8-9,11,18H,10H2,1-7H3. The van der Waals surface area contributed by atoms with Gasteiger partial charge in [-0.25, -0.2) is 0 Å². The quantitative estimate of drug-likeness (QED) is 0.820. The van der Waals surface area contributed by atoms with Gasteiger partial charge in [0, 0.05) is 7.05 Å². The molecule has 19 heavy (non-hydrogen) atoms. The lowest BCUT2D eigenvalue weighted by Gasteiger charge is -2.38. The van der Waals surface area contributed by atoms with Crippen LogP contribution in [-0.4, -0.2) is 24.4 Å². The fraction of sp³-hybridized carbons (Fsp3) is 0.625. The van der Waals surface area contributed by atoms with Crippen LogP contribution in [0.1, 0.15) is 43.9 Å². The first-order valence-corrected chi connectivity index (χ1v) is 6.80. The maximum Gasteiger partial charge on any atom is 0.122 e. The number of rotatable bonds is 5. The van der Waals surface area contributed by atoms with Crippen LogP contribution in [0.15, 0.2) is 12.1 Å². The highest BCUT2D eigenvalue weighted by atomic mass is 16.5. The second kappa shape index (κ2) is 5.93. The van der Waals surface area contributed by atoms with Crippen molar-refractivity contribution in [2.75, 3.05) is 14.2 Å². The Morgan fingerprint density at radius 3 is 2.26 bits per heavy atom. The Hall–Kier alpha value is -1.06. The van der Waals surface area contributed by atoms with Crippen molar-refractivity contribution in [2.45, 2.75) is 46.6 Å². The molecule has 0 saturated carbocycles. The predicted octanol–water partition coefficient (Wildman–Crippen LogP) is 3.89. The molecular weight excluding hydrogens is 238 g/mol. The lowest BCUT2D eigenvalue weighted by atomic mass is 9.81. The molecule has 0 aliphatic heterocycles. The maximum atomic E-state index is 10.1. The molecule has 1 rings (SSSR count). The van der Waals surface area contributed by atoms with Crippen molar-refractivity contribution < 1.29 is 9.94 Å². The molecule has 3 nitrogen and oxygen atoms in total. The van der Waals surface area contributed by atoms with E-state index >= 15 is 0 Å². The van der Waals surface area contributed by atoms with Crippen LogP contribution in [0.2, 0.25) is 0 Å². The lowest BCUT2D eigenvalue weighted by molar-refractivity contribution is -0.157. The molecule has 1 N–H and O–H groups in total. The van der Waals surface area contributed by atoms with Crippen molar-refractivity contribution in [2.24, 2.45) is 5.92 Å². The molecular formula is C16H27NO2. The summed E-state index contributed by atoms with van der Waals surface area (Å²) >= 11 is 0. The van der Waals surface area contributed by atoms with Crippen LogP contribution >= 0.6 is 0 Å². The minimum atomic E-state index is -0.380. The summed E-state index contributed by atoms with van der Waals surface area (Å²) in [6.07, 6.45) is 0.895. The van der Waals surface area contributed by atoms with E-state index in [1.54, 1.807) is 14.2 Å². The third-order valence-electron chi connectivity index (χ3n) is 3.84. The number of hydroxylamine groups is 2. The molecule has 1 atom stereocenters. The van der Waals surface area contributed by atoms with Gasteiger partial charge in [-0.3, -0.25) is 0 Å². The zero-order valence-electron chi connectivity index (χ0n) is 13.2. The van der Waals surface area contributed by atoms with Crippen molar-refractivity contribution in [1.82, 2.24) is 5.06 Å². The average Bonchev–Trinajstić information content (AvgIpc) is 2.30. The molecule has 0 aliphatic carbocycles. The second-order valence-electron chi connectivity index (χ2n) is 6.03. The SMILES string of the molecule is COc1cc(C)c(C(C)(CC(C)C)N(C)O)cc1C. The van der Waals surface area contributed by atoms with E-state index in [9.17, 15) is 5.21 Å². The van der Waals surface area contributed by atoms with Gasteiger partial charge in [-0.1, -0.05) is 19.9 Å². The van der Waals surface area contributed by atoms with E-state index < -0.39 is 0 Å². The Morgan fingerprint density at radius 2 is 1.84 bits per heavy atom. The van der Waals surface area contributed by atoms with Crippen LogP contribution in [0.4, 0.5) is 0 Å². The van der Waals surface area contributed by atoms with Gasteiger partial charge in [-0.2, -0.15) is 5.06 Å². The zero-order valence-corrected chi connectivity index (χ0v) is 13.2. The molecule has 0 spiro atoms. The van der Waals surface area contributed by atoms with Crippen molar-refractivity contribution in [3.05, 3.63) is 28.8 Å². The molecule has 1 aromatic rings. The minimum Gasteiger partial charge on any atom is -0.496 e. The van der Waals surface area contributed by atoms with Crippen molar-refractivity contribution >= 4 is 0 Å². The van der Waals surface area contributed by atoms with Gasteiger partial charge in [0.25, 0.3) is 0 Å². The van der Waals surface area contributed by atoms with Crippen LogP contribution in [0.25, 0.3) is 0 Å². The monoisotopic (exact) mass is 265 g/mol. The van der Waals surface area contributed by atoms with E-state index in [2.05, 4.69) is 33.8 Å². The third kappa shape index (κ3) is 3.28. The Labute approximate surface area is 117 Å². The Morgan fingerprint density at radius 1 is 1.26 bits per heavy atom. The molecule has 0 amide bonds. The predicted molar refractivity (Wildman–Crippen MR) is 78.8 cm³/mol. The summed E-state index contributed by atoms with van der Waals surface area (Å²) in [5, 5.41) is 11.5. The number of hydrogen-bond donors (Lipinski definition) is 1. The van der Waals surface area contributed by atoms with Gasteiger partial charge in [-0.05, 0) is 55.9 Å². The molecule has 1 unspecified atom stereocenters. The molecule has 0 saturated heterocycles. The first-order chi connectivity index (χ1) is 8.72. The summed E-state index contributed by atoms with van der Waals surface area (Å²) in [6.45, 7) is 10.5. The summed E-state index contributed by atoms with van der Waals surface area (Å²) in [5.74, 6) is 1.40. The molecule has 0 aliphatic rings. The van der Waals surface area contributed by atoms with E-state index in [4.69, 9.17) is 4.74 Å². The highest BCUT2D eigenvalue weighted by molar-refractivity contribution is 5.44. The fourth-order valence-electron chi connectivity index (χ4n) is 2.80. The lowest BCUT2D eigenvalue weighted by Crippen LogP contribution is -2.40. The normalized spacial score (nSPS) is 14.8. The molecule has 0 radical (unpaired) electrons. The number of nitrogens with zero attached hydrogens (tertiary/aromatic N) is 1. The number of ether oxygens (including phenoxy) is 1. The smallest absolute Gasteiger partial charge is 0.122 e. The van der Waals surface area contributed by atoms with Crippen molar-refractivity contribution in [3.63, 3.8) is 0 Å². The Kier molecular flexibility index (Phi) is 4.99. The summed E-state index contributed by atoms with van der Waals surface area (Å²) in [5.41, 5.74) is 3.02. The third-order valence-corrected chi connectivity index (χ3v) is 3.84. The van der Waals surface area contributed by atoms with Crippen LogP contribution < -0.4 is 4.74 Å². The number of hydrogen-bond acceptors (Lipinski definition) is 3. The van der Waals surface area contributed by atoms with Gasteiger partial charge in [0.15, 0.2) is 0 Å². The molecule has 108 valence electrons. The number of benzene rings is 1. The summed E-state index contributed by atoms with van der Waals surface area (Å²) in [4.78, 5) is 0. The van der Waals surface area contributed by atoms with Gasteiger partial charge in [0.2, 0.25) is 0 Å². The van der Waals surface area contributed by atoms with Gasteiger partial charge in [-0.15, -0.1) is 0 Å². The Balaban J connectivity index is 3.35. The molecule has 1 aromatic carbocycles. The summed E-state index contributed by atoms with van der Waals surface area (Å²) < 4.78 is 5.36. The van der Waals surface area contributed by atoms with Gasteiger partial charge in [0.05, 0.1) is 12.6 Å². The van der Waals surface area contributed by atoms with Crippen molar-refractivity contribution in [1.29, 1.82) is 0 Å².